The van der Waals surface area contributed by atoms with Crippen molar-refractivity contribution in [1.29, 1.82) is 0 Å². The van der Waals surface area contributed by atoms with Crippen LogP contribution >= 0.6 is 0 Å². The molecule has 0 bridgehead atoms. The maximum atomic E-state index is 11.6. The Labute approximate surface area is 300 Å². The Morgan fingerprint density at radius 1 is 0.467 bits per heavy atom. The van der Waals surface area contributed by atoms with Crippen LogP contribution in [0.2, 0.25) is 0 Å². The first-order valence-electron chi connectivity index (χ1n) is 16.0. The molecule has 0 aliphatic heterocycles. The zero-order chi connectivity index (χ0) is 32.3. The Morgan fingerprint density at radius 2 is 0.778 bits per heavy atom. The maximum Gasteiger partial charge on any atom is 2.00 e. The average molecular weight is 679 g/mol. The van der Waals surface area contributed by atoms with Gasteiger partial charge in [-0.05, 0) is 96.5 Å². The second kappa shape index (κ2) is 18.7. The smallest absolute Gasteiger partial charge is 0.744 e. The van der Waals surface area contributed by atoms with Crippen LogP contribution in [0, 0.1) is 0 Å². The summed E-state index contributed by atoms with van der Waals surface area (Å²) >= 11 is 0. The van der Waals surface area contributed by atoms with Crippen LogP contribution < -0.4 is 0 Å². The molecule has 9 heteroatoms. The van der Waals surface area contributed by atoms with Gasteiger partial charge in [0.15, 0.2) is 0 Å². The fourth-order valence-corrected chi connectivity index (χ4v) is 7.21. The molecular formula is C36H46CaO6S2. The minimum atomic E-state index is -4.46. The molecule has 4 aromatic carbocycles. The van der Waals surface area contributed by atoms with Gasteiger partial charge >= 0.3 is 37.7 Å². The molecule has 45 heavy (non-hydrogen) atoms. The summed E-state index contributed by atoms with van der Waals surface area (Å²) in [6.07, 6.45) is 11.7. The number of aryl methyl sites for hydroxylation is 4. The van der Waals surface area contributed by atoms with Crippen molar-refractivity contribution in [3.63, 3.8) is 0 Å². The first-order chi connectivity index (χ1) is 21.0. The first-order valence-corrected chi connectivity index (χ1v) is 18.8. The topological polar surface area (TPSA) is 114 Å². The summed E-state index contributed by atoms with van der Waals surface area (Å²) in [6, 6.07) is 18.3. The minimum Gasteiger partial charge on any atom is -0.744 e. The zero-order valence-corrected chi connectivity index (χ0v) is 31.1. The predicted octanol–water partition coefficient (Wildman–Crippen LogP) is 8.48. The third kappa shape index (κ3) is 10.7. The summed E-state index contributed by atoms with van der Waals surface area (Å²) in [7, 11) is -8.93. The number of fused-ring (bicyclic) bond motifs is 2. The van der Waals surface area contributed by atoms with Crippen LogP contribution in [0.5, 0.6) is 0 Å². The summed E-state index contributed by atoms with van der Waals surface area (Å²) in [5, 5.41) is 3.11. The van der Waals surface area contributed by atoms with Crippen LogP contribution in [0.3, 0.4) is 0 Å². The van der Waals surface area contributed by atoms with Crippen LogP contribution in [0.25, 0.3) is 21.5 Å². The normalized spacial score (nSPS) is 11.7. The standard InChI is InChI=1S/2C18H24O3S.Ca/c2*1-3-5-8-14-12-13-17(22(19,20)21)18-15(9-6-4-2)10-7-11-16(14)18;/h2*7,10-13H,3-6,8-9H2,1-2H3,(H,19,20,21);/q;;+2/p-2. The van der Waals surface area contributed by atoms with E-state index in [0.29, 0.717) is 10.8 Å². The second-order valence-electron chi connectivity index (χ2n) is 11.4. The van der Waals surface area contributed by atoms with Gasteiger partial charge in [0.1, 0.15) is 20.2 Å². The SMILES string of the molecule is CCCCc1ccc(S(=O)(=O)[O-])c2c(CCCC)cccc12.CCCCc1ccc(S(=O)(=O)[O-])c2c(CCCC)cccc12.[Ca+2]. The monoisotopic (exact) mass is 678 g/mol. The molecule has 0 saturated carbocycles. The number of rotatable bonds is 14. The molecule has 0 saturated heterocycles. The Balaban J connectivity index is 0.000000307. The summed E-state index contributed by atoms with van der Waals surface area (Å²) in [6.45, 7) is 8.46. The molecule has 0 heterocycles. The summed E-state index contributed by atoms with van der Waals surface area (Å²) in [5.41, 5.74) is 4.18. The summed E-state index contributed by atoms with van der Waals surface area (Å²) in [4.78, 5) is -0.149. The van der Waals surface area contributed by atoms with E-state index < -0.39 is 20.2 Å². The van der Waals surface area contributed by atoms with Crippen molar-refractivity contribution >= 4 is 79.5 Å². The molecule has 0 aliphatic carbocycles. The van der Waals surface area contributed by atoms with Gasteiger partial charge in [0.2, 0.25) is 0 Å². The van der Waals surface area contributed by atoms with Crippen molar-refractivity contribution in [2.24, 2.45) is 0 Å². The van der Waals surface area contributed by atoms with Crippen molar-refractivity contribution in [2.75, 3.05) is 0 Å². The third-order valence-electron chi connectivity index (χ3n) is 8.10. The molecule has 4 rings (SSSR count). The van der Waals surface area contributed by atoms with Gasteiger partial charge in [0.05, 0.1) is 9.79 Å². The van der Waals surface area contributed by atoms with E-state index in [4.69, 9.17) is 0 Å². The molecule has 0 spiro atoms. The van der Waals surface area contributed by atoms with Crippen molar-refractivity contribution in [2.45, 2.75) is 115 Å². The molecule has 6 nitrogen and oxygen atoms in total. The molecule has 0 unspecified atom stereocenters. The van der Waals surface area contributed by atoms with E-state index in [1.165, 1.54) is 12.1 Å². The molecule has 0 amide bonds. The third-order valence-corrected chi connectivity index (χ3v) is 9.85. The number of hydrogen-bond donors (Lipinski definition) is 0. The van der Waals surface area contributed by atoms with Gasteiger partial charge in [-0.1, -0.05) is 102 Å². The maximum absolute atomic E-state index is 11.6. The van der Waals surface area contributed by atoms with Crippen molar-refractivity contribution in [3.05, 3.63) is 82.9 Å². The van der Waals surface area contributed by atoms with Crippen LogP contribution in [0.4, 0.5) is 0 Å². The summed E-state index contributed by atoms with van der Waals surface area (Å²) < 4.78 is 69.9. The van der Waals surface area contributed by atoms with Gasteiger partial charge in [0, 0.05) is 10.8 Å². The molecule has 0 fully saturated rings. The van der Waals surface area contributed by atoms with Gasteiger partial charge in [0.25, 0.3) is 0 Å². The number of hydrogen-bond acceptors (Lipinski definition) is 6. The first kappa shape index (κ1) is 39.7. The second-order valence-corrected chi connectivity index (χ2v) is 14.1. The largest absolute Gasteiger partial charge is 2.00 e. The van der Waals surface area contributed by atoms with Crippen LogP contribution in [-0.4, -0.2) is 63.7 Å². The fourth-order valence-electron chi connectivity index (χ4n) is 5.75. The van der Waals surface area contributed by atoms with E-state index in [0.717, 1.165) is 110 Å². The van der Waals surface area contributed by atoms with Gasteiger partial charge in [-0.3, -0.25) is 0 Å². The zero-order valence-electron chi connectivity index (χ0n) is 27.2. The Morgan fingerprint density at radius 3 is 1.07 bits per heavy atom. The summed E-state index contributed by atoms with van der Waals surface area (Å²) in [5.74, 6) is 0. The predicted molar refractivity (Wildman–Crippen MR) is 184 cm³/mol. The van der Waals surface area contributed by atoms with Gasteiger partial charge in [-0.25, -0.2) is 16.8 Å². The molecule has 0 aromatic heterocycles. The molecule has 0 atom stereocenters. The van der Waals surface area contributed by atoms with Crippen LogP contribution in [0.1, 0.15) is 101 Å². The van der Waals surface area contributed by atoms with Gasteiger partial charge < -0.3 is 9.11 Å². The fraction of sp³-hybridized carbons (Fsp3) is 0.444. The number of unbranched alkanes of at least 4 members (excludes halogenated alkanes) is 4. The molecule has 240 valence electrons. The van der Waals surface area contributed by atoms with E-state index >= 15 is 0 Å². The Hall–Kier alpha value is -1.52. The van der Waals surface area contributed by atoms with E-state index in [2.05, 4.69) is 27.7 Å². The van der Waals surface area contributed by atoms with Crippen molar-refractivity contribution in [1.82, 2.24) is 0 Å². The van der Waals surface area contributed by atoms with E-state index in [1.807, 2.05) is 36.4 Å². The van der Waals surface area contributed by atoms with E-state index in [9.17, 15) is 25.9 Å². The van der Waals surface area contributed by atoms with E-state index in [1.54, 1.807) is 12.1 Å². The minimum absolute atomic E-state index is 0. The van der Waals surface area contributed by atoms with Gasteiger partial charge in [-0.2, -0.15) is 0 Å². The van der Waals surface area contributed by atoms with Crippen LogP contribution in [-0.2, 0) is 45.9 Å². The Bertz CT molecular complexity index is 1630. The average Bonchev–Trinajstić information content (AvgIpc) is 2.99. The van der Waals surface area contributed by atoms with E-state index in [-0.39, 0.29) is 47.5 Å². The molecule has 4 aromatic rings. The van der Waals surface area contributed by atoms with Crippen molar-refractivity contribution < 1.29 is 25.9 Å². The number of benzene rings is 4. The van der Waals surface area contributed by atoms with Gasteiger partial charge in [-0.15, -0.1) is 0 Å². The van der Waals surface area contributed by atoms with Crippen molar-refractivity contribution in [3.8, 4) is 0 Å². The molecular weight excluding hydrogens is 633 g/mol. The molecule has 0 radical (unpaired) electrons. The molecule has 0 aliphatic rings. The quantitative estimate of drug-likeness (QED) is 0.0976. The Kier molecular flexibility index (Phi) is 16.5. The molecule has 0 N–H and O–H groups in total. The van der Waals surface area contributed by atoms with Crippen LogP contribution in [0.15, 0.2) is 70.5 Å².